The summed E-state index contributed by atoms with van der Waals surface area (Å²) in [4.78, 5) is 10.9. The Bertz CT molecular complexity index is 384. The fraction of sp³-hybridized carbons (Fsp3) is 0.636. The van der Waals surface area contributed by atoms with E-state index in [2.05, 4.69) is 39.0 Å². The summed E-state index contributed by atoms with van der Waals surface area (Å²) in [6.07, 6.45) is 1.20. The third-order valence-corrected chi connectivity index (χ3v) is 4.26. The van der Waals surface area contributed by atoms with Gasteiger partial charge in [-0.05, 0) is 13.3 Å². The number of hydrazine groups is 1. The minimum Gasteiger partial charge on any atom is -0.355 e. The summed E-state index contributed by atoms with van der Waals surface area (Å²) in [5, 5.41) is 0.702. The van der Waals surface area contributed by atoms with E-state index in [4.69, 9.17) is 5.84 Å². The van der Waals surface area contributed by atoms with E-state index in [9.17, 15) is 0 Å². The monoisotopic (exact) mass is 253 g/mol. The Morgan fingerprint density at radius 3 is 3.12 bits per heavy atom. The highest BCUT2D eigenvalue weighted by molar-refractivity contribution is 8.00. The molecule has 2 heterocycles. The molecule has 5 nitrogen and oxygen atoms in total. The summed E-state index contributed by atoms with van der Waals surface area (Å²) in [7, 11) is 0. The van der Waals surface area contributed by atoms with Gasteiger partial charge in [0.1, 0.15) is 5.82 Å². The maximum Gasteiger partial charge on any atom is 0.239 e. The summed E-state index contributed by atoms with van der Waals surface area (Å²) >= 11 is 2.05. The van der Waals surface area contributed by atoms with Crippen molar-refractivity contribution in [3.05, 3.63) is 11.8 Å². The van der Waals surface area contributed by atoms with Gasteiger partial charge < -0.3 is 4.90 Å². The Morgan fingerprint density at radius 1 is 1.59 bits per heavy atom. The Labute approximate surface area is 106 Å². The molecule has 0 aromatic carbocycles. The number of hydrogen-bond acceptors (Lipinski definition) is 6. The molecule has 0 radical (unpaired) electrons. The molecule has 17 heavy (non-hydrogen) atoms. The van der Waals surface area contributed by atoms with Crippen molar-refractivity contribution in [3.8, 4) is 0 Å². The first-order chi connectivity index (χ1) is 8.22. The Kier molecular flexibility index (Phi) is 4.06. The normalized spacial score (nSPS) is 20.4. The van der Waals surface area contributed by atoms with Crippen LogP contribution in [0.3, 0.4) is 0 Å². The number of nitrogens with one attached hydrogen (secondary N) is 1. The number of rotatable bonds is 3. The molecular formula is C11H19N5S. The second-order valence-corrected chi connectivity index (χ2v) is 5.59. The predicted molar refractivity (Wildman–Crippen MR) is 73.3 cm³/mol. The number of nitrogen functional groups attached to an aromatic ring is 1. The lowest BCUT2D eigenvalue weighted by molar-refractivity contribution is 0.718. The minimum atomic E-state index is 0.492. The van der Waals surface area contributed by atoms with Crippen molar-refractivity contribution < 1.29 is 0 Å². The summed E-state index contributed by atoms with van der Waals surface area (Å²) in [5.74, 6) is 8.00. The average molecular weight is 253 g/mol. The average Bonchev–Trinajstić information content (AvgIpc) is 2.38. The van der Waals surface area contributed by atoms with Crippen molar-refractivity contribution in [1.82, 2.24) is 9.97 Å². The molecule has 1 unspecified atom stereocenters. The van der Waals surface area contributed by atoms with Gasteiger partial charge in [-0.3, -0.25) is 5.43 Å². The molecule has 0 amide bonds. The first kappa shape index (κ1) is 12.4. The molecule has 1 fully saturated rings. The molecule has 3 N–H and O–H groups in total. The number of hydrogen-bond donors (Lipinski definition) is 2. The van der Waals surface area contributed by atoms with Crippen LogP contribution in [0.2, 0.25) is 0 Å². The maximum atomic E-state index is 5.37. The second-order valence-electron chi connectivity index (χ2n) is 4.18. The third-order valence-electron chi connectivity index (χ3n) is 2.89. The van der Waals surface area contributed by atoms with Crippen LogP contribution in [-0.2, 0) is 0 Å². The quantitative estimate of drug-likeness (QED) is 0.627. The molecule has 1 saturated heterocycles. The number of thioether (sulfide) groups is 1. The van der Waals surface area contributed by atoms with Gasteiger partial charge in [-0.2, -0.15) is 16.7 Å². The molecule has 94 valence electrons. The van der Waals surface area contributed by atoms with Crippen molar-refractivity contribution in [1.29, 1.82) is 0 Å². The largest absolute Gasteiger partial charge is 0.355 e. The highest BCUT2D eigenvalue weighted by Gasteiger charge is 2.20. The van der Waals surface area contributed by atoms with Crippen LogP contribution in [-0.4, -0.2) is 34.1 Å². The summed E-state index contributed by atoms with van der Waals surface area (Å²) in [5.41, 5.74) is 3.46. The van der Waals surface area contributed by atoms with Gasteiger partial charge in [-0.25, -0.2) is 10.8 Å². The lowest BCUT2D eigenvalue weighted by atomic mass is 10.3. The number of anilines is 2. The van der Waals surface area contributed by atoms with Crippen molar-refractivity contribution in [3.63, 3.8) is 0 Å². The summed E-state index contributed by atoms with van der Waals surface area (Å²) in [6, 6.07) is 2.02. The molecule has 0 bridgehead atoms. The van der Waals surface area contributed by atoms with Crippen molar-refractivity contribution in [2.45, 2.75) is 25.5 Å². The maximum absolute atomic E-state index is 5.37. The SMILES string of the molecule is CCC1CN(c2cc(C)nc(NN)n2)CCS1. The molecule has 1 aromatic heterocycles. The number of nitrogens with two attached hydrogens (primary N) is 1. The van der Waals surface area contributed by atoms with Gasteiger partial charge in [0.25, 0.3) is 0 Å². The smallest absolute Gasteiger partial charge is 0.239 e. The lowest BCUT2D eigenvalue weighted by Crippen LogP contribution is -2.38. The van der Waals surface area contributed by atoms with Crippen LogP contribution >= 0.6 is 11.8 Å². The van der Waals surface area contributed by atoms with E-state index >= 15 is 0 Å². The first-order valence-electron chi connectivity index (χ1n) is 5.91. The summed E-state index contributed by atoms with van der Waals surface area (Å²) < 4.78 is 0. The van der Waals surface area contributed by atoms with E-state index in [1.807, 2.05) is 13.0 Å². The van der Waals surface area contributed by atoms with E-state index in [1.54, 1.807) is 0 Å². The molecule has 1 aliphatic heterocycles. The molecule has 2 rings (SSSR count). The summed E-state index contributed by atoms with van der Waals surface area (Å²) in [6.45, 7) is 6.30. The molecule has 0 aliphatic carbocycles. The van der Waals surface area contributed by atoms with Gasteiger partial charge >= 0.3 is 0 Å². The molecule has 1 aliphatic rings. The first-order valence-corrected chi connectivity index (χ1v) is 6.96. The Hall–Kier alpha value is -1.01. The highest BCUT2D eigenvalue weighted by Crippen LogP contribution is 2.25. The lowest BCUT2D eigenvalue weighted by Gasteiger charge is -2.32. The number of nitrogens with zero attached hydrogens (tertiary/aromatic N) is 3. The Morgan fingerprint density at radius 2 is 2.41 bits per heavy atom. The topological polar surface area (TPSA) is 67.1 Å². The van der Waals surface area contributed by atoms with Crippen LogP contribution in [0.15, 0.2) is 6.07 Å². The van der Waals surface area contributed by atoms with E-state index in [0.717, 1.165) is 30.4 Å². The number of aromatic nitrogens is 2. The minimum absolute atomic E-state index is 0.492. The zero-order valence-electron chi connectivity index (χ0n) is 10.3. The van der Waals surface area contributed by atoms with Crippen molar-refractivity contribution in [2.24, 2.45) is 5.84 Å². The molecular weight excluding hydrogens is 234 g/mol. The predicted octanol–water partition coefficient (Wildman–Crippen LogP) is 1.40. The zero-order chi connectivity index (χ0) is 12.3. The van der Waals surface area contributed by atoms with Crippen LogP contribution in [0.5, 0.6) is 0 Å². The van der Waals surface area contributed by atoms with Gasteiger partial charge in [-0.1, -0.05) is 6.92 Å². The molecule has 1 aromatic rings. The van der Waals surface area contributed by atoms with Crippen LogP contribution in [0.4, 0.5) is 11.8 Å². The molecule has 1 atom stereocenters. The van der Waals surface area contributed by atoms with Crippen LogP contribution in [0.25, 0.3) is 0 Å². The van der Waals surface area contributed by atoms with Crippen LogP contribution < -0.4 is 16.2 Å². The standard InChI is InChI=1S/C11H19N5S/c1-3-9-7-16(4-5-17-9)10-6-8(2)13-11(14-10)15-12/h6,9H,3-5,7,12H2,1-2H3,(H,13,14,15). The van der Waals surface area contributed by atoms with Crippen LogP contribution in [0.1, 0.15) is 19.0 Å². The van der Waals surface area contributed by atoms with Gasteiger partial charge in [0, 0.05) is 35.9 Å². The Balaban J connectivity index is 2.18. The van der Waals surface area contributed by atoms with Crippen molar-refractivity contribution >= 4 is 23.5 Å². The van der Waals surface area contributed by atoms with Crippen LogP contribution in [0, 0.1) is 6.92 Å². The fourth-order valence-electron chi connectivity index (χ4n) is 1.95. The van der Waals surface area contributed by atoms with Gasteiger partial charge in [0.2, 0.25) is 5.95 Å². The van der Waals surface area contributed by atoms with E-state index in [0.29, 0.717) is 11.2 Å². The molecule has 0 spiro atoms. The third kappa shape index (κ3) is 3.01. The second kappa shape index (κ2) is 5.55. The molecule has 6 heteroatoms. The van der Waals surface area contributed by atoms with E-state index in [-0.39, 0.29) is 0 Å². The zero-order valence-corrected chi connectivity index (χ0v) is 11.1. The van der Waals surface area contributed by atoms with E-state index < -0.39 is 0 Å². The van der Waals surface area contributed by atoms with Gasteiger partial charge in [0.15, 0.2) is 0 Å². The highest BCUT2D eigenvalue weighted by atomic mass is 32.2. The van der Waals surface area contributed by atoms with E-state index in [1.165, 1.54) is 6.42 Å². The van der Waals surface area contributed by atoms with Gasteiger partial charge in [0.05, 0.1) is 0 Å². The van der Waals surface area contributed by atoms with Gasteiger partial charge in [-0.15, -0.1) is 0 Å². The fourth-order valence-corrected chi connectivity index (χ4v) is 3.13. The van der Waals surface area contributed by atoms with Crippen molar-refractivity contribution in [2.75, 3.05) is 29.2 Å². The number of aryl methyl sites for hydroxylation is 1. The molecule has 0 saturated carbocycles.